The Hall–Kier alpha value is -12.1. The van der Waals surface area contributed by atoms with Gasteiger partial charge in [-0.1, -0.05) is 107 Å². The molecule has 0 bridgehead atoms. The van der Waals surface area contributed by atoms with Gasteiger partial charge in [0, 0.05) is 99.8 Å². The second-order valence-electron chi connectivity index (χ2n) is 30.3. The molecular weight excluding hydrogens is 1420 g/mol. The summed E-state index contributed by atoms with van der Waals surface area (Å²) < 4.78 is 5.55. The van der Waals surface area contributed by atoms with Crippen molar-refractivity contribution in [1.82, 2.24) is 65.2 Å². The Bertz CT molecular complexity index is 5470. The topological polar surface area (TPSA) is 292 Å². The van der Waals surface area contributed by atoms with Crippen LogP contribution in [-0.2, 0) is 77.8 Å². The van der Waals surface area contributed by atoms with Crippen molar-refractivity contribution in [3.63, 3.8) is 0 Å². The molecule has 0 spiro atoms. The van der Waals surface area contributed by atoms with Gasteiger partial charge in [0.15, 0.2) is 0 Å². The van der Waals surface area contributed by atoms with Gasteiger partial charge in [-0.15, -0.1) is 15.3 Å². The molecule has 0 fully saturated rings. The van der Waals surface area contributed by atoms with E-state index in [-0.39, 0.29) is 54.7 Å². The standard InChI is InChI=1S/2C30H33N5O3.C30H32N4O3/c1-5-35-27-11-10-25(20(4)29(27)32-33-35)26(16-28(36)38-31)22-9-8-21-12-13-34(17-24(21)15-22)30(37)23-7-6-18(2)19(3)14-23;1-5-35-27-11-10-25(20(4)29(27)31-33-35)26(16-28(36)32-38)22-9-8-21-12-13-34(17-24(21)15-22)30(37)23-7-6-18(2)19(3)14-23;1-5-34-27-11-10-25(20(4)29(27)31-32-34)26(16-28(35)36)22-9-8-21-12-13-33(17-24(21)15-22)30(37)23-7-6-18(2)19(3)14-23/h6-11,14-15,26H,5,12-13,16-17,31H2,1-4H3;6-11,14-15,26,38H,5,12-13,16-17H2,1-4H3,(H,32,36);6-11,14-15,26H,5,12-13,16-17H2,1-4H3,(H,35,36)/t3*26-/m000/s1. The van der Waals surface area contributed by atoms with Gasteiger partial charge in [0.2, 0.25) is 5.91 Å². The molecular formula is C90H98N14O9. The average molecular weight is 1520 g/mol. The number of nitrogens with zero attached hydrogens (tertiary/aromatic N) is 12. The zero-order valence-electron chi connectivity index (χ0n) is 66.4. The Morgan fingerprint density at radius 2 is 0.726 bits per heavy atom. The van der Waals surface area contributed by atoms with E-state index >= 15 is 0 Å². The van der Waals surface area contributed by atoms with Crippen LogP contribution in [-0.4, -0.2) is 125 Å². The number of nitrogens with two attached hydrogens (primary N) is 1. The van der Waals surface area contributed by atoms with E-state index in [1.165, 1.54) is 33.4 Å². The van der Waals surface area contributed by atoms with Crippen molar-refractivity contribution in [1.29, 1.82) is 0 Å². The molecule has 3 atom stereocenters. The molecule has 15 rings (SSSR count). The summed E-state index contributed by atoms with van der Waals surface area (Å²) in [5.41, 5.74) is 31.5. The van der Waals surface area contributed by atoms with Crippen LogP contribution < -0.4 is 11.4 Å². The average Bonchev–Trinajstić information content (AvgIpc) is 1.72. The number of carbonyl (C=O) groups is 6. The van der Waals surface area contributed by atoms with Crippen LogP contribution in [0.4, 0.5) is 0 Å². The van der Waals surface area contributed by atoms with Gasteiger partial charge in [0.1, 0.15) is 16.6 Å². The molecule has 113 heavy (non-hydrogen) atoms. The molecule has 0 saturated heterocycles. The lowest BCUT2D eigenvalue weighted by Crippen LogP contribution is -2.36. The fourth-order valence-electron chi connectivity index (χ4n) is 16.3. The van der Waals surface area contributed by atoms with E-state index in [1.807, 2.05) is 209 Å². The highest BCUT2D eigenvalue weighted by atomic mass is 16.7. The molecule has 0 unspecified atom stereocenters. The van der Waals surface area contributed by atoms with Crippen molar-refractivity contribution in [3.05, 3.63) is 279 Å². The zero-order valence-corrected chi connectivity index (χ0v) is 66.4. The molecule has 582 valence electrons. The molecule has 3 aromatic heterocycles. The molecule has 4 amide bonds. The van der Waals surface area contributed by atoms with Crippen LogP contribution in [0.25, 0.3) is 33.1 Å². The number of amides is 4. The number of hydrogen-bond donors (Lipinski definition) is 4. The lowest BCUT2D eigenvalue weighted by molar-refractivity contribution is -0.144. The van der Waals surface area contributed by atoms with Gasteiger partial charge >= 0.3 is 11.9 Å². The summed E-state index contributed by atoms with van der Waals surface area (Å²) >= 11 is 0. The minimum atomic E-state index is -0.856. The molecule has 3 aliphatic heterocycles. The van der Waals surface area contributed by atoms with Crippen LogP contribution in [0.2, 0.25) is 0 Å². The van der Waals surface area contributed by atoms with Crippen LogP contribution in [0, 0.1) is 62.3 Å². The van der Waals surface area contributed by atoms with Crippen LogP contribution in [0.1, 0.15) is 206 Å². The summed E-state index contributed by atoms with van der Waals surface area (Å²) in [5.74, 6) is 2.62. The lowest BCUT2D eigenvalue weighted by atomic mass is 9.83. The number of aromatic nitrogens is 9. The molecule has 0 radical (unpaired) electrons. The molecule has 23 heteroatoms. The Labute approximate surface area is 657 Å². The van der Waals surface area contributed by atoms with E-state index < -0.39 is 17.8 Å². The Balaban J connectivity index is 0.000000148. The number of carboxylic acid groups (broad SMARTS) is 1. The number of fused-ring (bicyclic) bond motifs is 6. The van der Waals surface area contributed by atoms with E-state index in [0.717, 1.165) is 149 Å². The zero-order chi connectivity index (χ0) is 80.2. The van der Waals surface area contributed by atoms with Crippen molar-refractivity contribution in [3.8, 4) is 0 Å². The fourth-order valence-corrected chi connectivity index (χ4v) is 16.3. The van der Waals surface area contributed by atoms with Crippen LogP contribution in [0.3, 0.4) is 0 Å². The summed E-state index contributed by atoms with van der Waals surface area (Å²) in [6.45, 7) is 30.0. The molecule has 12 aromatic rings. The SMILES string of the molecule is CCn1nnc2c(C)c([C@@H](CC(=O)NO)c3ccc4c(c3)CN(C(=O)c3ccc(C)c(C)c3)CC4)ccc21.CCn1nnc2c(C)c([C@@H](CC(=O)O)c3ccc4c(c3)CN(C(=O)c3ccc(C)c(C)c3)CC4)ccc21.CCn1nnc2c(C)c([C@@H](CC(=O)ON)c3ccc4c(c3)CN(C(=O)c3ccc(C)c(C)c3)CC4)ccc21. The van der Waals surface area contributed by atoms with Crippen molar-refractivity contribution in [2.45, 2.75) is 179 Å². The summed E-state index contributed by atoms with van der Waals surface area (Å²) in [7, 11) is 0. The maximum Gasteiger partial charge on any atom is 0.325 e. The van der Waals surface area contributed by atoms with Crippen LogP contribution in [0.5, 0.6) is 0 Å². The Morgan fingerprint density at radius 1 is 0.407 bits per heavy atom. The number of carbonyl (C=O) groups excluding carboxylic acids is 5. The first kappa shape index (κ1) is 79.0. The maximum atomic E-state index is 13.3. The molecule has 6 heterocycles. The second kappa shape index (κ2) is 33.9. The highest BCUT2D eigenvalue weighted by Crippen LogP contribution is 2.40. The molecule has 9 aromatic carbocycles. The van der Waals surface area contributed by atoms with Gasteiger partial charge in [0.25, 0.3) is 17.7 Å². The van der Waals surface area contributed by atoms with Gasteiger partial charge in [-0.2, -0.15) is 5.90 Å². The predicted octanol–water partition coefficient (Wildman–Crippen LogP) is 14.3. The molecule has 5 N–H and O–H groups in total. The number of aliphatic carboxylic acids is 1. The van der Waals surface area contributed by atoms with Gasteiger partial charge < -0.3 is 24.6 Å². The number of hydrogen-bond acceptors (Lipinski definition) is 15. The minimum absolute atomic E-state index is 0.0284. The Morgan fingerprint density at radius 3 is 1.02 bits per heavy atom. The molecule has 0 saturated carbocycles. The van der Waals surface area contributed by atoms with Crippen LogP contribution >= 0.6 is 0 Å². The third-order valence-corrected chi connectivity index (χ3v) is 23.4. The first-order valence-electron chi connectivity index (χ1n) is 38.8. The summed E-state index contributed by atoms with van der Waals surface area (Å²) in [6, 6.07) is 48.4. The van der Waals surface area contributed by atoms with Crippen molar-refractivity contribution >= 4 is 68.7 Å². The lowest BCUT2D eigenvalue weighted by Gasteiger charge is -2.30. The fraction of sp³-hybridized carbons (Fsp3) is 0.333. The number of nitrogens with one attached hydrogen (secondary N) is 1. The Kier molecular flexibility index (Phi) is 23.7. The smallest absolute Gasteiger partial charge is 0.325 e. The number of aryl methyl sites for hydroxylation is 12. The summed E-state index contributed by atoms with van der Waals surface area (Å²) in [6.07, 6.45) is 2.48. The first-order chi connectivity index (χ1) is 54.4. The van der Waals surface area contributed by atoms with Crippen LogP contribution in [0.15, 0.2) is 146 Å². The highest BCUT2D eigenvalue weighted by Gasteiger charge is 2.32. The third kappa shape index (κ3) is 16.5. The van der Waals surface area contributed by atoms with Crippen molar-refractivity contribution in [2.24, 2.45) is 5.90 Å². The normalized spacial score (nSPS) is 13.9. The van der Waals surface area contributed by atoms with Gasteiger partial charge in [0.05, 0.1) is 29.4 Å². The second-order valence-corrected chi connectivity index (χ2v) is 30.3. The van der Waals surface area contributed by atoms with Crippen molar-refractivity contribution in [2.75, 3.05) is 19.6 Å². The highest BCUT2D eigenvalue weighted by molar-refractivity contribution is 5.96. The van der Waals surface area contributed by atoms with Gasteiger partial charge in [-0.3, -0.25) is 34.0 Å². The van der Waals surface area contributed by atoms with E-state index in [0.29, 0.717) is 62.5 Å². The van der Waals surface area contributed by atoms with Gasteiger partial charge in [-0.25, -0.2) is 19.5 Å². The monoisotopic (exact) mass is 1520 g/mol. The summed E-state index contributed by atoms with van der Waals surface area (Å²) in [4.78, 5) is 86.9. The first-order valence-corrected chi connectivity index (χ1v) is 38.8. The number of hydroxylamine groups is 1. The van der Waals surface area contributed by atoms with E-state index in [1.54, 1.807) is 5.48 Å². The molecule has 23 nitrogen and oxygen atoms in total. The summed E-state index contributed by atoms with van der Waals surface area (Å²) in [5, 5.41) is 45.0. The van der Waals surface area contributed by atoms with E-state index in [2.05, 4.69) is 84.3 Å². The van der Waals surface area contributed by atoms with Crippen molar-refractivity contribution < 1.29 is 43.9 Å². The largest absolute Gasteiger partial charge is 0.481 e. The quantitative estimate of drug-likeness (QED) is 0.0458. The minimum Gasteiger partial charge on any atom is -0.481 e. The van der Waals surface area contributed by atoms with E-state index in [9.17, 15) is 39.1 Å². The number of carboxylic acids is 1. The van der Waals surface area contributed by atoms with E-state index in [4.69, 9.17) is 5.90 Å². The number of benzene rings is 9. The maximum absolute atomic E-state index is 13.3. The predicted molar refractivity (Wildman–Crippen MR) is 433 cm³/mol. The van der Waals surface area contributed by atoms with Gasteiger partial charge in [-0.05, 0) is 274 Å². The molecule has 0 aliphatic carbocycles. The third-order valence-electron chi connectivity index (χ3n) is 23.4. The number of rotatable bonds is 18. The molecule has 3 aliphatic rings.